The Kier molecular flexibility index (Phi) is 6.36. The summed E-state index contributed by atoms with van der Waals surface area (Å²) in [5, 5.41) is 0. The summed E-state index contributed by atoms with van der Waals surface area (Å²) >= 11 is 0. The molecule has 0 aromatic heterocycles. The summed E-state index contributed by atoms with van der Waals surface area (Å²) in [5.41, 5.74) is 0.184. The number of ether oxygens (including phenoxy) is 2. The summed E-state index contributed by atoms with van der Waals surface area (Å²) in [6.45, 7) is 1.60. The number of benzene rings is 1. The lowest BCUT2D eigenvalue weighted by Gasteiger charge is -2.06. The first-order valence-corrected chi connectivity index (χ1v) is 6.11. The summed E-state index contributed by atoms with van der Waals surface area (Å²) in [5.74, 6) is -1.62. The van der Waals surface area contributed by atoms with Crippen LogP contribution in [0.25, 0.3) is 0 Å². The number of hydrogen-bond acceptors (Lipinski definition) is 5. The van der Waals surface area contributed by atoms with Crippen molar-refractivity contribution >= 4 is 18.0 Å². The van der Waals surface area contributed by atoms with E-state index in [9.17, 15) is 18.8 Å². The van der Waals surface area contributed by atoms with E-state index in [1.54, 1.807) is 6.92 Å². The minimum absolute atomic E-state index is 0.0210. The van der Waals surface area contributed by atoms with Crippen molar-refractivity contribution in [2.45, 2.75) is 19.8 Å². The maximum atomic E-state index is 13.4. The van der Waals surface area contributed by atoms with Gasteiger partial charge < -0.3 is 9.47 Å². The van der Waals surface area contributed by atoms with Crippen molar-refractivity contribution in [3.63, 3.8) is 0 Å². The van der Waals surface area contributed by atoms with Gasteiger partial charge in [0, 0.05) is 12.0 Å². The Balaban J connectivity index is 2.41. The van der Waals surface area contributed by atoms with Crippen molar-refractivity contribution < 1.29 is 28.2 Å². The van der Waals surface area contributed by atoms with Gasteiger partial charge in [-0.15, -0.1) is 0 Å². The van der Waals surface area contributed by atoms with Crippen molar-refractivity contribution in [1.82, 2.24) is 0 Å². The fourth-order valence-corrected chi connectivity index (χ4v) is 1.41. The molecule has 5 nitrogen and oxygen atoms in total. The predicted octanol–water partition coefficient (Wildman–Crippen LogP) is 1.93. The Bertz CT molecular complexity index is 498. The molecular weight excluding hydrogens is 267 g/mol. The second kappa shape index (κ2) is 8.04. The minimum Gasteiger partial charge on any atom is -0.483 e. The molecule has 1 aromatic rings. The maximum Gasteiger partial charge on any atom is 0.306 e. The zero-order valence-corrected chi connectivity index (χ0v) is 11.1. The van der Waals surface area contributed by atoms with Crippen LogP contribution in [0.2, 0.25) is 0 Å². The lowest BCUT2D eigenvalue weighted by molar-refractivity contribution is -0.144. The first kappa shape index (κ1) is 15.8. The number of carbonyl (C=O) groups is 3. The van der Waals surface area contributed by atoms with Crippen LogP contribution in [-0.2, 0) is 14.3 Å². The third-order valence-electron chi connectivity index (χ3n) is 2.39. The molecule has 108 valence electrons. The Morgan fingerprint density at radius 2 is 2.05 bits per heavy atom. The number of hydrogen-bond donors (Lipinski definition) is 0. The minimum atomic E-state index is -0.715. The average Bonchev–Trinajstić information content (AvgIpc) is 2.44. The van der Waals surface area contributed by atoms with Crippen molar-refractivity contribution in [3.8, 4) is 5.75 Å². The molecule has 0 atom stereocenters. The lowest BCUT2D eigenvalue weighted by atomic mass is 10.2. The Hall–Kier alpha value is -2.24. The van der Waals surface area contributed by atoms with Gasteiger partial charge in [-0.05, 0) is 25.1 Å². The molecule has 0 aliphatic heterocycles. The fourth-order valence-electron chi connectivity index (χ4n) is 1.41. The summed E-state index contributed by atoms with van der Waals surface area (Å²) < 4.78 is 23.1. The molecule has 0 spiro atoms. The highest BCUT2D eigenvalue weighted by atomic mass is 19.1. The third-order valence-corrected chi connectivity index (χ3v) is 2.39. The Morgan fingerprint density at radius 1 is 1.30 bits per heavy atom. The molecule has 0 unspecified atom stereocenters. The van der Waals surface area contributed by atoms with Gasteiger partial charge in [0.1, 0.15) is 12.9 Å². The molecule has 0 aliphatic rings. The average molecular weight is 282 g/mol. The molecule has 0 saturated heterocycles. The zero-order valence-electron chi connectivity index (χ0n) is 11.1. The van der Waals surface area contributed by atoms with Crippen LogP contribution in [0.15, 0.2) is 18.2 Å². The van der Waals surface area contributed by atoms with Crippen LogP contribution in [0.5, 0.6) is 5.75 Å². The van der Waals surface area contributed by atoms with Crippen molar-refractivity contribution in [3.05, 3.63) is 29.6 Å². The highest BCUT2D eigenvalue weighted by Crippen LogP contribution is 2.17. The molecule has 0 saturated carbocycles. The van der Waals surface area contributed by atoms with E-state index in [-0.39, 0.29) is 43.2 Å². The van der Waals surface area contributed by atoms with Crippen molar-refractivity contribution in [2.75, 3.05) is 13.2 Å². The van der Waals surface area contributed by atoms with Gasteiger partial charge >= 0.3 is 5.97 Å². The highest BCUT2D eigenvalue weighted by molar-refractivity contribution is 5.84. The first-order chi connectivity index (χ1) is 9.56. The van der Waals surface area contributed by atoms with Gasteiger partial charge in [-0.25, -0.2) is 4.39 Å². The molecule has 6 heteroatoms. The van der Waals surface area contributed by atoms with E-state index in [1.807, 2.05) is 0 Å². The first-order valence-electron chi connectivity index (χ1n) is 6.11. The predicted molar refractivity (Wildman–Crippen MR) is 68.2 cm³/mol. The monoisotopic (exact) mass is 282 g/mol. The van der Waals surface area contributed by atoms with Gasteiger partial charge in [-0.3, -0.25) is 14.4 Å². The number of halogens is 1. The second-order valence-corrected chi connectivity index (χ2v) is 3.94. The molecule has 0 bridgehead atoms. The van der Waals surface area contributed by atoms with Crippen LogP contribution in [0.3, 0.4) is 0 Å². The summed E-state index contributed by atoms with van der Waals surface area (Å²) in [6.07, 6.45) is 0.465. The zero-order chi connectivity index (χ0) is 15.0. The lowest BCUT2D eigenvalue weighted by Crippen LogP contribution is -2.14. The van der Waals surface area contributed by atoms with E-state index in [0.29, 0.717) is 6.29 Å². The fraction of sp³-hybridized carbons (Fsp3) is 0.357. The molecule has 1 rings (SSSR count). The summed E-state index contributed by atoms with van der Waals surface area (Å²) in [6, 6.07) is 3.68. The summed E-state index contributed by atoms with van der Waals surface area (Å²) in [7, 11) is 0. The third kappa shape index (κ3) is 5.17. The van der Waals surface area contributed by atoms with Crippen LogP contribution < -0.4 is 4.74 Å². The summed E-state index contributed by atoms with van der Waals surface area (Å²) in [4.78, 5) is 32.9. The van der Waals surface area contributed by atoms with Crippen LogP contribution in [0, 0.1) is 5.82 Å². The molecule has 20 heavy (non-hydrogen) atoms. The highest BCUT2D eigenvalue weighted by Gasteiger charge is 2.10. The van der Waals surface area contributed by atoms with Gasteiger partial charge in [-0.1, -0.05) is 0 Å². The van der Waals surface area contributed by atoms with E-state index in [4.69, 9.17) is 4.74 Å². The second-order valence-electron chi connectivity index (χ2n) is 3.94. The van der Waals surface area contributed by atoms with E-state index < -0.39 is 11.8 Å². The van der Waals surface area contributed by atoms with Gasteiger partial charge in [0.15, 0.2) is 17.3 Å². The molecular formula is C14H15FO5. The van der Waals surface area contributed by atoms with Crippen molar-refractivity contribution in [2.24, 2.45) is 0 Å². The maximum absolute atomic E-state index is 13.4. The molecule has 0 fully saturated rings. The number of esters is 1. The smallest absolute Gasteiger partial charge is 0.306 e. The van der Waals surface area contributed by atoms with Crippen LogP contribution in [-0.4, -0.2) is 31.3 Å². The number of aldehydes is 1. The van der Waals surface area contributed by atoms with Gasteiger partial charge in [0.25, 0.3) is 0 Å². The van der Waals surface area contributed by atoms with E-state index >= 15 is 0 Å². The number of ketones is 1. The number of Topliss-reactive ketones (excluding diaryl/α,β-unsaturated/α-hetero) is 1. The topological polar surface area (TPSA) is 69.7 Å². The molecule has 0 heterocycles. The van der Waals surface area contributed by atoms with E-state index in [0.717, 1.165) is 6.07 Å². The molecule has 1 aromatic carbocycles. The number of carbonyl (C=O) groups excluding carboxylic acids is 3. The van der Waals surface area contributed by atoms with Crippen LogP contribution in [0.1, 0.15) is 30.1 Å². The number of rotatable bonds is 8. The van der Waals surface area contributed by atoms with Gasteiger partial charge in [0.2, 0.25) is 0 Å². The quantitative estimate of drug-likeness (QED) is 0.538. The van der Waals surface area contributed by atoms with Crippen molar-refractivity contribution in [1.29, 1.82) is 0 Å². The van der Waals surface area contributed by atoms with Crippen LogP contribution >= 0.6 is 0 Å². The largest absolute Gasteiger partial charge is 0.483 e. The molecule has 0 amide bonds. The SMILES string of the molecule is CCOC(=O)CCC(=O)COc1ccc(C=O)cc1F. The van der Waals surface area contributed by atoms with E-state index in [1.165, 1.54) is 12.1 Å². The van der Waals surface area contributed by atoms with E-state index in [2.05, 4.69) is 4.74 Å². The van der Waals surface area contributed by atoms with Crippen LogP contribution in [0.4, 0.5) is 4.39 Å². The Morgan fingerprint density at radius 3 is 2.65 bits per heavy atom. The Labute approximate surface area is 115 Å². The normalized spacial score (nSPS) is 9.90. The van der Waals surface area contributed by atoms with Gasteiger partial charge in [-0.2, -0.15) is 0 Å². The molecule has 0 N–H and O–H groups in total. The molecule has 0 radical (unpaired) electrons. The molecule has 0 aliphatic carbocycles. The standard InChI is InChI=1S/C14H15FO5/c1-2-19-14(18)6-4-11(17)9-20-13-5-3-10(8-16)7-12(13)15/h3,5,7-8H,2,4,6,9H2,1H3. The van der Waals surface area contributed by atoms with Gasteiger partial charge in [0.05, 0.1) is 13.0 Å².